The zero-order chi connectivity index (χ0) is 7.68. The van der Waals surface area contributed by atoms with E-state index in [1.807, 2.05) is 16.8 Å². The molecule has 0 bridgehead atoms. The van der Waals surface area contributed by atoms with Gasteiger partial charge in [-0.2, -0.15) is 16.3 Å². The SMILES string of the molecule is Nc1n[nH]c(-c2ccsc2)n1. The van der Waals surface area contributed by atoms with Crippen molar-refractivity contribution in [2.24, 2.45) is 0 Å². The molecule has 2 aromatic heterocycles. The van der Waals surface area contributed by atoms with Crippen molar-refractivity contribution in [3.05, 3.63) is 16.8 Å². The van der Waals surface area contributed by atoms with Gasteiger partial charge in [-0.15, -0.1) is 5.10 Å². The third-order valence-corrected chi connectivity index (χ3v) is 1.98. The summed E-state index contributed by atoms with van der Waals surface area (Å²) in [7, 11) is 0. The van der Waals surface area contributed by atoms with Crippen LogP contribution in [0.25, 0.3) is 11.4 Å². The van der Waals surface area contributed by atoms with Crippen LogP contribution in [0.2, 0.25) is 0 Å². The minimum atomic E-state index is 0.284. The number of nitrogens with one attached hydrogen (secondary N) is 1. The second kappa shape index (κ2) is 2.35. The Morgan fingerprint density at radius 1 is 1.55 bits per heavy atom. The van der Waals surface area contributed by atoms with Crippen LogP contribution in [0.5, 0.6) is 0 Å². The summed E-state index contributed by atoms with van der Waals surface area (Å²) in [5, 5.41) is 10.4. The summed E-state index contributed by atoms with van der Waals surface area (Å²) >= 11 is 1.62. The van der Waals surface area contributed by atoms with Crippen molar-refractivity contribution < 1.29 is 0 Å². The molecule has 0 fully saturated rings. The molecule has 0 saturated carbocycles. The van der Waals surface area contributed by atoms with Crippen molar-refractivity contribution in [3.8, 4) is 11.4 Å². The highest BCUT2D eigenvalue weighted by Crippen LogP contribution is 2.17. The van der Waals surface area contributed by atoms with Gasteiger partial charge in [-0.3, -0.25) is 5.10 Å². The maximum Gasteiger partial charge on any atom is 0.239 e. The lowest BCUT2D eigenvalue weighted by Gasteiger charge is -1.84. The largest absolute Gasteiger partial charge is 0.366 e. The van der Waals surface area contributed by atoms with Crippen LogP contribution in [0.4, 0.5) is 5.95 Å². The van der Waals surface area contributed by atoms with Gasteiger partial charge >= 0.3 is 0 Å². The first kappa shape index (κ1) is 6.36. The lowest BCUT2D eigenvalue weighted by Crippen LogP contribution is -1.85. The fourth-order valence-corrected chi connectivity index (χ4v) is 1.44. The lowest BCUT2D eigenvalue weighted by molar-refractivity contribution is 1.10. The van der Waals surface area contributed by atoms with Gasteiger partial charge in [0.1, 0.15) is 0 Å². The molecular weight excluding hydrogens is 160 g/mol. The number of hydrogen-bond acceptors (Lipinski definition) is 4. The van der Waals surface area contributed by atoms with E-state index >= 15 is 0 Å². The molecule has 0 spiro atoms. The molecule has 0 radical (unpaired) electrons. The summed E-state index contributed by atoms with van der Waals surface area (Å²) in [6, 6.07) is 1.96. The Bertz CT molecular complexity index is 337. The van der Waals surface area contributed by atoms with E-state index in [-0.39, 0.29) is 5.95 Å². The van der Waals surface area contributed by atoms with Gasteiger partial charge in [0.2, 0.25) is 5.95 Å². The molecule has 2 aromatic rings. The molecule has 56 valence electrons. The van der Waals surface area contributed by atoms with Gasteiger partial charge in [-0.05, 0) is 11.4 Å². The zero-order valence-corrected chi connectivity index (χ0v) is 6.43. The maximum absolute atomic E-state index is 5.33. The second-order valence-corrected chi connectivity index (χ2v) is 2.83. The Balaban J connectivity index is 2.45. The molecule has 2 heterocycles. The van der Waals surface area contributed by atoms with Crippen LogP contribution in [0.15, 0.2) is 16.8 Å². The number of aromatic nitrogens is 3. The van der Waals surface area contributed by atoms with E-state index in [1.165, 1.54) is 0 Å². The lowest BCUT2D eigenvalue weighted by atomic mass is 10.3. The van der Waals surface area contributed by atoms with Gasteiger partial charge < -0.3 is 5.73 Å². The summed E-state index contributed by atoms with van der Waals surface area (Å²) in [6.45, 7) is 0. The fraction of sp³-hybridized carbons (Fsp3) is 0. The maximum atomic E-state index is 5.33. The molecule has 0 unspecified atom stereocenters. The van der Waals surface area contributed by atoms with E-state index in [2.05, 4.69) is 15.2 Å². The van der Waals surface area contributed by atoms with Gasteiger partial charge in [0.25, 0.3) is 0 Å². The molecule has 11 heavy (non-hydrogen) atoms. The molecule has 2 rings (SSSR count). The van der Waals surface area contributed by atoms with Crippen LogP contribution in [-0.4, -0.2) is 15.2 Å². The first-order valence-electron chi connectivity index (χ1n) is 3.07. The molecule has 0 aliphatic carbocycles. The summed E-state index contributed by atoms with van der Waals surface area (Å²) in [5.74, 6) is 1.01. The van der Waals surface area contributed by atoms with Crippen molar-refractivity contribution in [2.75, 3.05) is 5.73 Å². The predicted octanol–water partition coefficient (Wildman–Crippen LogP) is 1.12. The fourth-order valence-electron chi connectivity index (χ4n) is 0.803. The van der Waals surface area contributed by atoms with Crippen LogP contribution in [0, 0.1) is 0 Å². The first-order valence-corrected chi connectivity index (χ1v) is 4.01. The molecule has 0 amide bonds. The van der Waals surface area contributed by atoms with Crippen molar-refractivity contribution in [2.45, 2.75) is 0 Å². The number of H-pyrrole nitrogens is 1. The highest BCUT2D eigenvalue weighted by molar-refractivity contribution is 7.08. The number of thiophene rings is 1. The average molecular weight is 166 g/mol. The molecule has 4 nitrogen and oxygen atoms in total. The first-order chi connectivity index (χ1) is 5.36. The Morgan fingerprint density at radius 2 is 2.45 bits per heavy atom. The average Bonchev–Trinajstić information content (AvgIpc) is 2.55. The minimum absolute atomic E-state index is 0.284. The van der Waals surface area contributed by atoms with Crippen molar-refractivity contribution in [1.82, 2.24) is 15.2 Å². The van der Waals surface area contributed by atoms with Crippen LogP contribution in [0.1, 0.15) is 0 Å². The second-order valence-electron chi connectivity index (χ2n) is 2.05. The monoisotopic (exact) mass is 166 g/mol. The van der Waals surface area contributed by atoms with Gasteiger partial charge in [0.15, 0.2) is 5.82 Å². The van der Waals surface area contributed by atoms with E-state index in [9.17, 15) is 0 Å². The molecule has 3 N–H and O–H groups in total. The van der Waals surface area contributed by atoms with Crippen molar-refractivity contribution in [1.29, 1.82) is 0 Å². The van der Waals surface area contributed by atoms with E-state index in [4.69, 9.17) is 5.73 Å². The van der Waals surface area contributed by atoms with E-state index < -0.39 is 0 Å². The summed E-state index contributed by atoms with van der Waals surface area (Å²) in [6.07, 6.45) is 0. The number of nitrogen functional groups attached to an aromatic ring is 1. The van der Waals surface area contributed by atoms with Crippen LogP contribution < -0.4 is 5.73 Å². The Hall–Kier alpha value is -1.36. The van der Waals surface area contributed by atoms with Crippen molar-refractivity contribution in [3.63, 3.8) is 0 Å². The van der Waals surface area contributed by atoms with Gasteiger partial charge in [0, 0.05) is 10.9 Å². The summed E-state index contributed by atoms with van der Waals surface area (Å²) < 4.78 is 0. The van der Waals surface area contributed by atoms with Gasteiger partial charge in [0.05, 0.1) is 0 Å². The van der Waals surface area contributed by atoms with Crippen LogP contribution in [-0.2, 0) is 0 Å². The number of nitrogens with zero attached hydrogens (tertiary/aromatic N) is 2. The highest BCUT2D eigenvalue weighted by atomic mass is 32.1. The highest BCUT2D eigenvalue weighted by Gasteiger charge is 2.01. The molecule has 0 aliphatic rings. The summed E-state index contributed by atoms with van der Waals surface area (Å²) in [5.41, 5.74) is 6.36. The van der Waals surface area contributed by atoms with Gasteiger partial charge in [-0.1, -0.05) is 0 Å². The standard InChI is InChI=1S/C6H6N4S/c7-6-8-5(9-10-6)4-1-2-11-3-4/h1-3H,(H3,7,8,9,10). The van der Waals surface area contributed by atoms with Crippen LogP contribution in [0.3, 0.4) is 0 Å². The molecule has 5 heteroatoms. The quantitative estimate of drug-likeness (QED) is 0.667. The molecule has 0 saturated heterocycles. The third kappa shape index (κ3) is 1.10. The Kier molecular flexibility index (Phi) is 1.36. The van der Waals surface area contributed by atoms with E-state index in [0.717, 1.165) is 11.4 Å². The zero-order valence-electron chi connectivity index (χ0n) is 5.61. The number of rotatable bonds is 1. The Labute approximate surface area is 67.1 Å². The number of hydrogen-bond donors (Lipinski definition) is 2. The van der Waals surface area contributed by atoms with E-state index in [1.54, 1.807) is 11.3 Å². The number of nitrogens with two attached hydrogens (primary N) is 1. The smallest absolute Gasteiger partial charge is 0.239 e. The molecule has 0 aromatic carbocycles. The van der Waals surface area contributed by atoms with E-state index in [0.29, 0.717) is 0 Å². The van der Waals surface area contributed by atoms with Crippen LogP contribution >= 0.6 is 11.3 Å². The number of aromatic amines is 1. The molecule has 0 aliphatic heterocycles. The molecular formula is C6H6N4S. The predicted molar refractivity (Wildman–Crippen MR) is 44.1 cm³/mol. The minimum Gasteiger partial charge on any atom is -0.366 e. The number of anilines is 1. The third-order valence-electron chi connectivity index (χ3n) is 1.30. The topological polar surface area (TPSA) is 67.6 Å². The Morgan fingerprint density at radius 3 is 3.00 bits per heavy atom. The van der Waals surface area contributed by atoms with Gasteiger partial charge in [-0.25, -0.2) is 0 Å². The summed E-state index contributed by atoms with van der Waals surface area (Å²) in [4.78, 5) is 3.97. The normalized spacial score (nSPS) is 10.2. The van der Waals surface area contributed by atoms with Crippen molar-refractivity contribution >= 4 is 17.3 Å². The molecule has 0 atom stereocenters.